The smallest absolute Gasteiger partial charge is 0.251 e. The number of nitrogens with zero attached hydrogens (tertiary/aromatic N) is 1. The third-order valence-corrected chi connectivity index (χ3v) is 4.89. The molecule has 2 fully saturated rings. The van der Waals surface area contributed by atoms with Crippen molar-refractivity contribution in [3.05, 3.63) is 29.8 Å². The summed E-state index contributed by atoms with van der Waals surface area (Å²) in [4.78, 5) is 26.7. The van der Waals surface area contributed by atoms with Crippen molar-refractivity contribution in [3.8, 4) is 0 Å². The lowest BCUT2D eigenvalue weighted by atomic mass is 10.1. The second-order valence-corrected chi connectivity index (χ2v) is 8.08. The highest BCUT2D eigenvalue weighted by molar-refractivity contribution is 5.97. The van der Waals surface area contributed by atoms with Crippen LogP contribution in [0.1, 0.15) is 49.9 Å². The lowest BCUT2D eigenvalue weighted by molar-refractivity contribution is -0.118. The molecule has 0 spiro atoms. The summed E-state index contributed by atoms with van der Waals surface area (Å²) in [5, 5.41) is 5.88. The van der Waals surface area contributed by atoms with Crippen LogP contribution in [0.4, 0.5) is 5.69 Å². The lowest BCUT2D eigenvalue weighted by Crippen LogP contribution is -2.41. The number of benzene rings is 1. The monoisotopic (exact) mass is 373 g/mol. The van der Waals surface area contributed by atoms with Crippen molar-refractivity contribution >= 4 is 17.5 Å². The molecule has 0 bridgehead atoms. The highest BCUT2D eigenvalue weighted by atomic mass is 16.5. The van der Waals surface area contributed by atoms with Crippen LogP contribution in [0.2, 0.25) is 0 Å². The van der Waals surface area contributed by atoms with Crippen LogP contribution in [-0.4, -0.2) is 55.1 Å². The molecule has 0 aromatic heterocycles. The van der Waals surface area contributed by atoms with Gasteiger partial charge in [0.2, 0.25) is 5.91 Å². The van der Waals surface area contributed by atoms with Gasteiger partial charge < -0.3 is 15.4 Å². The van der Waals surface area contributed by atoms with E-state index in [2.05, 4.69) is 29.4 Å². The van der Waals surface area contributed by atoms with E-state index in [9.17, 15) is 9.59 Å². The summed E-state index contributed by atoms with van der Waals surface area (Å²) in [7, 11) is 0. The average Bonchev–Trinajstić information content (AvgIpc) is 3.45. The average molecular weight is 373 g/mol. The molecule has 1 aliphatic carbocycles. The van der Waals surface area contributed by atoms with Crippen LogP contribution in [0, 0.1) is 5.92 Å². The van der Waals surface area contributed by atoms with Gasteiger partial charge >= 0.3 is 0 Å². The second kappa shape index (κ2) is 9.33. The van der Waals surface area contributed by atoms with Crippen LogP contribution < -0.4 is 10.6 Å². The number of anilines is 1. The first kappa shape index (κ1) is 19.8. The molecule has 0 atom stereocenters. The Bertz CT molecular complexity index is 650. The summed E-state index contributed by atoms with van der Waals surface area (Å²) in [6.45, 7) is 7.24. The molecule has 148 valence electrons. The van der Waals surface area contributed by atoms with Gasteiger partial charge in [0, 0.05) is 37.0 Å². The Morgan fingerprint density at radius 2 is 1.93 bits per heavy atom. The van der Waals surface area contributed by atoms with Gasteiger partial charge in [0.1, 0.15) is 0 Å². The maximum atomic E-state index is 12.4. The number of carbonyl (C=O) groups is 2. The van der Waals surface area contributed by atoms with Gasteiger partial charge in [-0.25, -0.2) is 0 Å². The molecule has 1 aromatic carbocycles. The summed E-state index contributed by atoms with van der Waals surface area (Å²) >= 11 is 0. The van der Waals surface area contributed by atoms with E-state index in [0.29, 0.717) is 35.9 Å². The van der Waals surface area contributed by atoms with E-state index < -0.39 is 0 Å². The van der Waals surface area contributed by atoms with E-state index in [1.165, 1.54) is 0 Å². The zero-order chi connectivity index (χ0) is 19.2. The first-order valence-corrected chi connectivity index (χ1v) is 10.0. The minimum absolute atomic E-state index is 0.0451. The van der Waals surface area contributed by atoms with Gasteiger partial charge in [0.05, 0.1) is 12.6 Å². The van der Waals surface area contributed by atoms with Gasteiger partial charge in [0.25, 0.3) is 5.91 Å². The van der Waals surface area contributed by atoms with E-state index in [1.807, 2.05) is 6.07 Å². The molecule has 1 saturated carbocycles. The van der Waals surface area contributed by atoms with Gasteiger partial charge in [-0.05, 0) is 49.8 Å². The van der Waals surface area contributed by atoms with Crippen LogP contribution in [0.5, 0.6) is 0 Å². The summed E-state index contributed by atoms with van der Waals surface area (Å²) < 4.78 is 5.90. The largest absolute Gasteiger partial charge is 0.378 e. The number of piperidine rings is 1. The molecule has 2 N–H and O–H groups in total. The lowest BCUT2D eigenvalue weighted by Gasteiger charge is -2.31. The molecule has 27 heavy (non-hydrogen) atoms. The topological polar surface area (TPSA) is 70.7 Å². The predicted molar refractivity (Wildman–Crippen MR) is 106 cm³/mol. The fourth-order valence-corrected chi connectivity index (χ4v) is 3.20. The molecule has 0 unspecified atom stereocenters. The molecule has 1 heterocycles. The van der Waals surface area contributed by atoms with Crippen LogP contribution in [0.15, 0.2) is 24.3 Å². The zero-order valence-electron chi connectivity index (χ0n) is 16.4. The molecule has 6 heteroatoms. The third kappa shape index (κ3) is 6.63. The van der Waals surface area contributed by atoms with Crippen molar-refractivity contribution in [1.82, 2.24) is 10.2 Å². The van der Waals surface area contributed by atoms with E-state index in [0.717, 1.165) is 45.4 Å². The number of amides is 2. The summed E-state index contributed by atoms with van der Waals surface area (Å²) in [6.07, 6.45) is 4.37. The number of nitrogens with one attached hydrogen (secondary N) is 2. The minimum atomic E-state index is -0.0722. The van der Waals surface area contributed by atoms with E-state index in [4.69, 9.17) is 4.74 Å². The van der Waals surface area contributed by atoms with Crippen molar-refractivity contribution in [3.63, 3.8) is 0 Å². The van der Waals surface area contributed by atoms with Crippen LogP contribution in [0.25, 0.3) is 0 Å². The Labute approximate surface area is 161 Å². The molecule has 1 aliphatic heterocycles. The summed E-state index contributed by atoms with van der Waals surface area (Å²) in [5.74, 6) is 0.435. The number of hydrogen-bond acceptors (Lipinski definition) is 4. The van der Waals surface area contributed by atoms with E-state index in [-0.39, 0.29) is 11.8 Å². The Balaban J connectivity index is 1.42. The zero-order valence-corrected chi connectivity index (χ0v) is 16.4. The van der Waals surface area contributed by atoms with E-state index in [1.54, 1.807) is 18.2 Å². The van der Waals surface area contributed by atoms with Crippen LogP contribution >= 0.6 is 0 Å². The second-order valence-electron chi connectivity index (χ2n) is 8.08. The maximum absolute atomic E-state index is 12.4. The highest BCUT2D eigenvalue weighted by Crippen LogP contribution is 2.20. The summed E-state index contributed by atoms with van der Waals surface area (Å²) in [5.41, 5.74) is 1.25. The maximum Gasteiger partial charge on any atom is 0.251 e. The van der Waals surface area contributed by atoms with Crippen molar-refractivity contribution in [2.75, 3.05) is 31.6 Å². The highest BCUT2D eigenvalue weighted by Gasteiger charge is 2.24. The molecule has 6 nitrogen and oxygen atoms in total. The first-order chi connectivity index (χ1) is 13.0. The van der Waals surface area contributed by atoms with Crippen molar-refractivity contribution in [1.29, 1.82) is 0 Å². The number of rotatable bonds is 8. The van der Waals surface area contributed by atoms with Gasteiger partial charge in [-0.15, -0.1) is 0 Å². The van der Waals surface area contributed by atoms with Crippen LogP contribution in [0.3, 0.4) is 0 Å². The number of likely N-dealkylation sites (tertiary alicyclic amines) is 1. The van der Waals surface area contributed by atoms with Crippen molar-refractivity contribution < 1.29 is 14.3 Å². The van der Waals surface area contributed by atoms with Gasteiger partial charge in [-0.2, -0.15) is 0 Å². The molecule has 2 aliphatic rings. The SMILES string of the molecule is CC(C)COC1CCN(CC(=O)Nc2cccc(C(=O)NC3CC3)c2)CC1. The molecule has 3 rings (SSSR count). The molecule has 1 saturated heterocycles. The fraction of sp³-hybridized carbons (Fsp3) is 0.619. The molecule has 0 radical (unpaired) electrons. The van der Waals surface area contributed by atoms with Crippen molar-refractivity contribution in [2.24, 2.45) is 5.92 Å². The van der Waals surface area contributed by atoms with E-state index >= 15 is 0 Å². The number of ether oxygens (including phenoxy) is 1. The first-order valence-electron chi connectivity index (χ1n) is 10.0. The normalized spacial score (nSPS) is 18.5. The fourth-order valence-electron chi connectivity index (χ4n) is 3.20. The Morgan fingerprint density at radius 1 is 1.19 bits per heavy atom. The molecular formula is C21H31N3O3. The Kier molecular flexibility index (Phi) is 6.85. The molecular weight excluding hydrogens is 342 g/mol. The van der Waals surface area contributed by atoms with Gasteiger partial charge in [0.15, 0.2) is 0 Å². The third-order valence-electron chi connectivity index (χ3n) is 4.89. The number of hydrogen-bond donors (Lipinski definition) is 2. The quantitative estimate of drug-likeness (QED) is 0.735. The Morgan fingerprint density at radius 3 is 2.59 bits per heavy atom. The van der Waals surface area contributed by atoms with Gasteiger partial charge in [-0.1, -0.05) is 19.9 Å². The van der Waals surface area contributed by atoms with Crippen LogP contribution in [-0.2, 0) is 9.53 Å². The predicted octanol–water partition coefficient (Wildman–Crippen LogP) is 2.65. The standard InChI is InChI=1S/C21H31N3O3/c1-15(2)14-27-19-8-10-24(11-9-19)13-20(25)22-18-5-3-4-16(12-18)21(26)23-17-6-7-17/h3-5,12,15,17,19H,6-11,13-14H2,1-2H3,(H,22,25)(H,23,26). The minimum Gasteiger partial charge on any atom is -0.378 e. The van der Waals surface area contributed by atoms with Gasteiger partial charge in [-0.3, -0.25) is 14.5 Å². The molecule has 2 amide bonds. The van der Waals surface area contributed by atoms with Crippen molar-refractivity contribution in [2.45, 2.75) is 51.7 Å². The summed E-state index contributed by atoms with van der Waals surface area (Å²) in [6, 6.07) is 7.45. The molecule has 1 aromatic rings. The Hall–Kier alpha value is -1.92. The number of carbonyl (C=O) groups excluding carboxylic acids is 2.